The summed E-state index contributed by atoms with van der Waals surface area (Å²) in [5.74, 6) is -0.0922. The van der Waals surface area contributed by atoms with Gasteiger partial charge in [0.25, 0.3) is 0 Å². The molecule has 0 fully saturated rings. The molecule has 0 aromatic heterocycles. The first-order chi connectivity index (χ1) is 8.58. The molecule has 0 spiro atoms. The van der Waals surface area contributed by atoms with Crippen LogP contribution in [0.25, 0.3) is 10.8 Å². The molecule has 0 amide bonds. The highest BCUT2D eigenvalue weighted by atomic mass is 16.5. The summed E-state index contributed by atoms with van der Waals surface area (Å²) in [6, 6.07) is 13.2. The van der Waals surface area contributed by atoms with Gasteiger partial charge in [-0.25, -0.2) is 4.79 Å². The number of hydrogen-bond donors (Lipinski definition) is 2. The van der Waals surface area contributed by atoms with Gasteiger partial charge in [0.05, 0.1) is 5.57 Å². The van der Waals surface area contributed by atoms with Crippen LogP contribution in [0.5, 0.6) is 5.75 Å². The van der Waals surface area contributed by atoms with E-state index in [0.29, 0.717) is 5.75 Å². The number of nitrogens with two attached hydrogens (primary N) is 2. The maximum Gasteiger partial charge on any atom is 0.342 e. The third kappa shape index (κ3) is 2.43. The monoisotopic (exact) mass is 242 g/mol. The lowest BCUT2D eigenvalue weighted by Gasteiger charge is -2.06. The zero-order chi connectivity index (χ0) is 13.1. The predicted molar refractivity (Wildman–Crippen MR) is 70.7 cm³/mol. The molecule has 4 nitrogen and oxygen atoms in total. The topological polar surface area (TPSA) is 78.3 Å². The van der Waals surface area contributed by atoms with Crippen LogP contribution >= 0.6 is 0 Å². The highest BCUT2D eigenvalue weighted by Crippen LogP contribution is 2.21. The molecule has 0 aliphatic rings. The van der Waals surface area contributed by atoms with E-state index < -0.39 is 5.97 Å². The van der Waals surface area contributed by atoms with Crippen LogP contribution in [0, 0.1) is 0 Å². The summed E-state index contributed by atoms with van der Waals surface area (Å²) in [5.41, 5.74) is 10.9. The Morgan fingerprint density at radius 3 is 2.39 bits per heavy atom. The molecule has 0 radical (unpaired) electrons. The highest BCUT2D eigenvalue weighted by molar-refractivity contribution is 5.91. The van der Waals surface area contributed by atoms with Crippen LogP contribution in [0.3, 0.4) is 0 Å². The highest BCUT2D eigenvalue weighted by Gasteiger charge is 2.10. The maximum absolute atomic E-state index is 11.6. The molecule has 0 aliphatic heterocycles. The minimum atomic E-state index is -0.537. The molecule has 4 N–H and O–H groups in total. The molecular formula is C14H14N2O2. The number of rotatable bonds is 2. The number of benzene rings is 2. The van der Waals surface area contributed by atoms with Gasteiger partial charge in [-0.05, 0) is 29.8 Å². The van der Waals surface area contributed by atoms with E-state index in [1.807, 2.05) is 30.3 Å². The largest absolute Gasteiger partial charge is 0.423 e. The molecule has 2 aromatic carbocycles. The molecule has 18 heavy (non-hydrogen) atoms. The average molecular weight is 242 g/mol. The quantitative estimate of drug-likeness (QED) is 0.479. The Bertz CT molecular complexity index is 628. The molecule has 2 aromatic rings. The molecule has 0 heterocycles. The molecule has 92 valence electrons. The zero-order valence-corrected chi connectivity index (χ0v) is 10.0. The smallest absolute Gasteiger partial charge is 0.342 e. The Morgan fingerprint density at radius 2 is 1.72 bits per heavy atom. The normalized spacial score (nSPS) is 10.1. The number of fused-ring (bicyclic) bond motifs is 1. The summed E-state index contributed by atoms with van der Waals surface area (Å²) >= 11 is 0. The van der Waals surface area contributed by atoms with Gasteiger partial charge in [-0.3, -0.25) is 0 Å². The van der Waals surface area contributed by atoms with Gasteiger partial charge in [0, 0.05) is 0 Å². The lowest BCUT2D eigenvalue weighted by atomic mass is 10.1. The summed E-state index contributed by atoms with van der Waals surface area (Å²) in [4.78, 5) is 11.6. The molecule has 4 heteroatoms. The summed E-state index contributed by atoms with van der Waals surface area (Å²) in [6.45, 7) is 1.53. The third-order valence-electron chi connectivity index (χ3n) is 2.67. The fourth-order valence-electron chi connectivity index (χ4n) is 1.53. The third-order valence-corrected chi connectivity index (χ3v) is 2.67. The average Bonchev–Trinajstić information content (AvgIpc) is 2.37. The van der Waals surface area contributed by atoms with Gasteiger partial charge in [0.1, 0.15) is 11.6 Å². The lowest BCUT2D eigenvalue weighted by molar-refractivity contribution is -0.130. The fraction of sp³-hybridized carbons (Fsp3) is 0.0714. The molecule has 0 bridgehead atoms. The molecule has 0 saturated carbocycles. The second kappa shape index (κ2) is 4.79. The van der Waals surface area contributed by atoms with Crippen molar-refractivity contribution in [2.24, 2.45) is 11.5 Å². The van der Waals surface area contributed by atoms with Crippen LogP contribution in [0.2, 0.25) is 0 Å². The predicted octanol–water partition coefficient (Wildman–Crippen LogP) is 1.89. The van der Waals surface area contributed by atoms with E-state index in [-0.39, 0.29) is 11.4 Å². The van der Waals surface area contributed by atoms with Crippen molar-refractivity contribution in [2.45, 2.75) is 6.92 Å². The van der Waals surface area contributed by atoms with Gasteiger partial charge in [0.15, 0.2) is 0 Å². The Kier molecular flexibility index (Phi) is 3.19. The summed E-state index contributed by atoms with van der Waals surface area (Å²) in [7, 11) is 0. The fourth-order valence-corrected chi connectivity index (χ4v) is 1.53. The number of esters is 1. The minimum Gasteiger partial charge on any atom is -0.423 e. The van der Waals surface area contributed by atoms with Crippen LogP contribution < -0.4 is 16.2 Å². The summed E-state index contributed by atoms with van der Waals surface area (Å²) < 4.78 is 5.19. The van der Waals surface area contributed by atoms with Crippen molar-refractivity contribution in [3.05, 3.63) is 53.9 Å². The standard InChI is InChI=1S/C14H14N2O2/c1-9(13(15)16)14(17)18-12-7-6-10-4-2-3-5-11(10)8-12/h2-8H,15-16H2,1H3. The first kappa shape index (κ1) is 12.0. The van der Waals surface area contributed by atoms with Crippen molar-refractivity contribution in [2.75, 3.05) is 0 Å². The van der Waals surface area contributed by atoms with Gasteiger partial charge in [-0.1, -0.05) is 30.3 Å². The number of hydrogen-bond acceptors (Lipinski definition) is 4. The van der Waals surface area contributed by atoms with Crippen molar-refractivity contribution in [1.29, 1.82) is 0 Å². The van der Waals surface area contributed by atoms with Crippen molar-refractivity contribution < 1.29 is 9.53 Å². The second-order valence-corrected chi connectivity index (χ2v) is 3.98. The van der Waals surface area contributed by atoms with E-state index in [0.717, 1.165) is 10.8 Å². The minimum absolute atomic E-state index is 0.0270. The van der Waals surface area contributed by atoms with Crippen LogP contribution in [0.15, 0.2) is 53.9 Å². The SMILES string of the molecule is CC(C(=O)Oc1ccc2ccccc2c1)=C(N)N. The van der Waals surface area contributed by atoms with Crippen molar-refractivity contribution in [3.63, 3.8) is 0 Å². The molecule has 0 unspecified atom stereocenters. The van der Waals surface area contributed by atoms with E-state index in [2.05, 4.69) is 0 Å². The molecule has 0 saturated heterocycles. The summed E-state index contributed by atoms with van der Waals surface area (Å²) in [6.07, 6.45) is 0. The Balaban J connectivity index is 2.28. The van der Waals surface area contributed by atoms with Crippen LogP contribution in [-0.4, -0.2) is 5.97 Å². The van der Waals surface area contributed by atoms with E-state index in [1.165, 1.54) is 6.92 Å². The van der Waals surface area contributed by atoms with Crippen molar-refractivity contribution in [1.82, 2.24) is 0 Å². The molecule has 0 aliphatic carbocycles. The molecule has 2 rings (SSSR count). The Labute approximate surface area is 105 Å². The van der Waals surface area contributed by atoms with Crippen LogP contribution in [0.1, 0.15) is 6.92 Å². The maximum atomic E-state index is 11.6. The van der Waals surface area contributed by atoms with Crippen LogP contribution in [0.4, 0.5) is 0 Å². The second-order valence-electron chi connectivity index (χ2n) is 3.98. The van der Waals surface area contributed by atoms with Crippen LogP contribution in [-0.2, 0) is 4.79 Å². The van der Waals surface area contributed by atoms with Crippen molar-refractivity contribution >= 4 is 16.7 Å². The van der Waals surface area contributed by atoms with Gasteiger partial charge in [0.2, 0.25) is 0 Å². The first-order valence-electron chi connectivity index (χ1n) is 5.51. The lowest BCUT2D eigenvalue weighted by Crippen LogP contribution is -2.19. The molecule has 0 atom stereocenters. The first-order valence-corrected chi connectivity index (χ1v) is 5.51. The van der Waals surface area contributed by atoms with Gasteiger partial charge >= 0.3 is 5.97 Å². The van der Waals surface area contributed by atoms with E-state index >= 15 is 0 Å². The summed E-state index contributed by atoms with van der Waals surface area (Å²) in [5, 5.41) is 2.09. The number of carbonyl (C=O) groups excluding carboxylic acids is 1. The van der Waals surface area contributed by atoms with E-state index in [4.69, 9.17) is 16.2 Å². The zero-order valence-electron chi connectivity index (χ0n) is 10.0. The number of carbonyl (C=O) groups is 1. The van der Waals surface area contributed by atoms with Gasteiger partial charge in [-0.2, -0.15) is 0 Å². The van der Waals surface area contributed by atoms with Gasteiger partial charge in [-0.15, -0.1) is 0 Å². The van der Waals surface area contributed by atoms with E-state index in [1.54, 1.807) is 12.1 Å². The molecular weight excluding hydrogens is 228 g/mol. The Morgan fingerprint density at radius 1 is 1.06 bits per heavy atom. The van der Waals surface area contributed by atoms with Crippen molar-refractivity contribution in [3.8, 4) is 5.75 Å². The Hall–Kier alpha value is -2.49. The van der Waals surface area contributed by atoms with E-state index in [9.17, 15) is 4.79 Å². The number of ether oxygens (including phenoxy) is 1. The van der Waals surface area contributed by atoms with Gasteiger partial charge < -0.3 is 16.2 Å².